The summed E-state index contributed by atoms with van der Waals surface area (Å²) < 4.78 is 0. The Morgan fingerprint density at radius 2 is 0.561 bits per heavy atom. The average Bonchev–Trinajstić information content (AvgIpc) is 3.42. The zero-order valence-corrected chi connectivity index (χ0v) is 35.6. The van der Waals surface area contributed by atoms with Gasteiger partial charge < -0.3 is 0 Å². The molecule has 0 aliphatic heterocycles. The fourth-order valence-electron chi connectivity index (χ4n) is 7.99. The molecule has 5 heterocycles. The van der Waals surface area contributed by atoms with Gasteiger partial charge in [-0.25, -0.2) is 24.9 Å². The van der Waals surface area contributed by atoms with Crippen molar-refractivity contribution in [1.29, 1.82) is 0 Å². The predicted octanol–water partition coefficient (Wildman–Crippen LogP) is 14.1. The van der Waals surface area contributed by atoms with E-state index in [1.807, 2.05) is 115 Å². The Kier molecular flexibility index (Phi) is 10.8. The average molecular weight is 846 g/mol. The molecule has 11 aromatic rings. The van der Waals surface area contributed by atoms with Crippen molar-refractivity contribution < 1.29 is 0 Å². The summed E-state index contributed by atoms with van der Waals surface area (Å²) in [7, 11) is 0. The highest BCUT2D eigenvalue weighted by molar-refractivity contribution is 5.79. The third-order valence-corrected chi connectivity index (χ3v) is 11.5. The van der Waals surface area contributed by atoms with Gasteiger partial charge in [-0.05, 0) is 59.2 Å². The van der Waals surface area contributed by atoms with Crippen molar-refractivity contribution in [2.24, 2.45) is 0 Å². The highest BCUT2D eigenvalue weighted by Crippen LogP contribution is 2.34. The second-order valence-electron chi connectivity index (χ2n) is 15.8. The van der Waals surface area contributed by atoms with E-state index in [1.54, 1.807) is 6.20 Å². The first kappa shape index (κ1) is 39.8. The van der Waals surface area contributed by atoms with Crippen molar-refractivity contribution in [2.45, 2.75) is 0 Å². The van der Waals surface area contributed by atoms with Crippen molar-refractivity contribution in [2.75, 3.05) is 0 Å². The van der Waals surface area contributed by atoms with E-state index in [-0.39, 0.29) is 0 Å². The van der Waals surface area contributed by atoms with Gasteiger partial charge in [-0.3, -0.25) is 9.97 Å². The smallest absolute Gasteiger partial charge is 0.160 e. The zero-order chi connectivity index (χ0) is 44.1. The molecular formula is C59H39N7. The normalized spacial score (nSPS) is 11.0. The summed E-state index contributed by atoms with van der Waals surface area (Å²) in [6.45, 7) is 0. The van der Waals surface area contributed by atoms with Crippen LogP contribution in [0.3, 0.4) is 0 Å². The van der Waals surface area contributed by atoms with Crippen LogP contribution >= 0.6 is 0 Å². The van der Waals surface area contributed by atoms with E-state index in [1.165, 1.54) is 0 Å². The van der Waals surface area contributed by atoms with Crippen LogP contribution in [-0.2, 0) is 0 Å². The molecule has 310 valence electrons. The number of hydrogen-bond acceptors (Lipinski definition) is 7. The molecule has 0 radical (unpaired) electrons. The Morgan fingerprint density at radius 3 is 1.00 bits per heavy atom. The van der Waals surface area contributed by atoms with Crippen LogP contribution in [0.1, 0.15) is 0 Å². The molecule has 5 aromatic heterocycles. The van der Waals surface area contributed by atoms with E-state index in [0.29, 0.717) is 11.6 Å². The molecular weight excluding hydrogens is 807 g/mol. The highest BCUT2D eigenvalue weighted by atomic mass is 14.9. The molecule has 0 aliphatic rings. The molecule has 0 bridgehead atoms. The third-order valence-electron chi connectivity index (χ3n) is 11.5. The Morgan fingerprint density at radius 1 is 0.197 bits per heavy atom. The molecule has 0 saturated carbocycles. The van der Waals surface area contributed by atoms with Crippen LogP contribution in [0.2, 0.25) is 0 Å². The zero-order valence-electron chi connectivity index (χ0n) is 35.6. The molecule has 0 fully saturated rings. The van der Waals surface area contributed by atoms with Crippen molar-refractivity contribution in [3.8, 4) is 113 Å². The first-order valence-electron chi connectivity index (χ1n) is 21.8. The Labute approximate surface area is 383 Å². The molecule has 0 unspecified atom stereocenters. The summed E-state index contributed by atoms with van der Waals surface area (Å²) in [5, 5.41) is 0. The summed E-state index contributed by atoms with van der Waals surface area (Å²) in [6, 6.07) is 76.0. The van der Waals surface area contributed by atoms with Crippen LogP contribution < -0.4 is 0 Å². The van der Waals surface area contributed by atoms with E-state index in [2.05, 4.69) is 120 Å². The summed E-state index contributed by atoms with van der Waals surface area (Å²) in [6.07, 6.45) is 3.70. The largest absolute Gasteiger partial charge is 0.255 e. The minimum absolute atomic E-state index is 0.669. The molecule has 66 heavy (non-hydrogen) atoms. The summed E-state index contributed by atoms with van der Waals surface area (Å²) in [5.41, 5.74) is 16.6. The maximum absolute atomic E-state index is 5.09. The van der Waals surface area contributed by atoms with Crippen molar-refractivity contribution >= 4 is 0 Å². The quantitative estimate of drug-likeness (QED) is 0.135. The highest BCUT2D eigenvalue weighted by Gasteiger charge is 2.15. The number of hydrogen-bond donors (Lipinski definition) is 0. The fraction of sp³-hybridized carbons (Fsp3) is 0. The molecule has 11 rings (SSSR count). The second-order valence-corrected chi connectivity index (χ2v) is 15.8. The van der Waals surface area contributed by atoms with Crippen molar-refractivity contribution in [3.05, 3.63) is 237 Å². The third kappa shape index (κ3) is 8.52. The van der Waals surface area contributed by atoms with Gasteiger partial charge in [0.25, 0.3) is 0 Å². The lowest BCUT2D eigenvalue weighted by Gasteiger charge is -2.12. The summed E-state index contributed by atoms with van der Waals surface area (Å²) in [5.74, 6) is 1.35. The summed E-state index contributed by atoms with van der Waals surface area (Å²) >= 11 is 0. The first-order chi connectivity index (χ1) is 32.7. The maximum atomic E-state index is 5.09. The number of nitrogens with zero attached hydrogens (tertiary/aromatic N) is 7. The SMILES string of the molecule is c1ccc(-c2cc(-c3ccc(-c4cc(-c5ccccn5)nc(-c5ccc(-c6ccc(-c7nc(-c8ccccc8)cc(-c8ccccc8)n7)cc6)cn5)c4)cc3)nc(-c3ccccc3)n2)cc1. The lowest BCUT2D eigenvalue weighted by atomic mass is 9.99. The first-order valence-corrected chi connectivity index (χ1v) is 21.8. The van der Waals surface area contributed by atoms with Gasteiger partial charge in [0.1, 0.15) is 0 Å². The lowest BCUT2D eigenvalue weighted by Crippen LogP contribution is -1.96. The van der Waals surface area contributed by atoms with Gasteiger partial charge in [-0.2, -0.15) is 0 Å². The molecule has 0 saturated heterocycles. The predicted molar refractivity (Wildman–Crippen MR) is 265 cm³/mol. The molecule has 6 aromatic carbocycles. The second kappa shape index (κ2) is 18.0. The van der Waals surface area contributed by atoms with Crippen molar-refractivity contribution in [3.63, 3.8) is 0 Å². The maximum Gasteiger partial charge on any atom is 0.160 e. The Balaban J connectivity index is 0.899. The topological polar surface area (TPSA) is 90.2 Å². The number of aromatic nitrogens is 7. The molecule has 0 atom stereocenters. The van der Waals surface area contributed by atoms with E-state index >= 15 is 0 Å². The minimum atomic E-state index is 0.669. The molecule has 7 nitrogen and oxygen atoms in total. The Hall–Kier alpha value is -9.07. The molecule has 0 N–H and O–H groups in total. The van der Waals surface area contributed by atoms with Crippen LogP contribution in [0.5, 0.6) is 0 Å². The molecule has 0 aliphatic carbocycles. The van der Waals surface area contributed by atoms with E-state index in [9.17, 15) is 0 Å². The van der Waals surface area contributed by atoms with E-state index < -0.39 is 0 Å². The Bertz CT molecular complexity index is 3290. The number of pyridine rings is 3. The monoisotopic (exact) mass is 845 g/mol. The number of rotatable bonds is 10. The van der Waals surface area contributed by atoms with Crippen molar-refractivity contribution in [1.82, 2.24) is 34.9 Å². The van der Waals surface area contributed by atoms with Gasteiger partial charge >= 0.3 is 0 Å². The number of benzene rings is 6. The van der Waals surface area contributed by atoms with Crippen LogP contribution in [0, 0.1) is 0 Å². The van der Waals surface area contributed by atoms with Gasteiger partial charge in [0.15, 0.2) is 11.6 Å². The van der Waals surface area contributed by atoms with Crippen LogP contribution in [0.15, 0.2) is 237 Å². The van der Waals surface area contributed by atoms with Gasteiger partial charge in [0, 0.05) is 51.3 Å². The minimum Gasteiger partial charge on any atom is -0.255 e. The van der Waals surface area contributed by atoms with E-state index in [0.717, 1.165) is 101 Å². The molecule has 0 amide bonds. The molecule has 7 heteroatoms. The van der Waals surface area contributed by atoms with Gasteiger partial charge in [-0.15, -0.1) is 0 Å². The lowest BCUT2D eigenvalue weighted by molar-refractivity contribution is 1.18. The standard InChI is InChI=1S/C59H39N7/c1-5-15-42(16-6-1)52-37-53(43-17-7-2-8-18-43)65-59(64-52)47-30-26-40(27-31-47)48-32-33-51(61-39-48)57-36-49(35-56(62-57)50-23-13-14-34-60-50)41-24-28-45(29-25-41)55-38-54(44-19-9-3-10-20-44)63-58(66-55)46-21-11-4-12-22-46/h1-39H. The van der Waals surface area contributed by atoms with Gasteiger partial charge in [-0.1, -0.05) is 182 Å². The van der Waals surface area contributed by atoms with E-state index in [4.69, 9.17) is 29.9 Å². The van der Waals surface area contributed by atoms with Crippen LogP contribution in [0.25, 0.3) is 113 Å². The fourth-order valence-corrected chi connectivity index (χ4v) is 7.99. The van der Waals surface area contributed by atoms with Crippen LogP contribution in [-0.4, -0.2) is 34.9 Å². The van der Waals surface area contributed by atoms with Crippen LogP contribution in [0.4, 0.5) is 0 Å². The summed E-state index contributed by atoms with van der Waals surface area (Å²) in [4.78, 5) is 34.7. The molecule has 0 spiro atoms. The van der Waals surface area contributed by atoms with Gasteiger partial charge in [0.05, 0.1) is 45.6 Å². The van der Waals surface area contributed by atoms with Gasteiger partial charge in [0.2, 0.25) is 0 Å².